The average Bonchev–Trinajstić information content (AvgIpc) is 2.99. The van der Waals surface area contributed by atoms with Crippen molar-refractivity contribution >= 4 is 17.3 Å². The van der Waals surface area contributed by atoms with E-state index in [2.05, 4.69) is 5.32 Å². The maximum atomic E-state index is 13.4. The molecule has 15 heavy (non-hydrogen) atoms. The molecule has 1 spiro atoms. The number of hydrogen-bond acceptors (Lipinski definition) is 2. The van der Waals surface area contributed by atoms with Crippen LogP contribution < -0.4 is 10.2 Å². The summed E-state index contributed by atoms with van der Waals surface area (Å²) in [6, 6.07) is 4.86. The highest BCUT2D eigenvalue weighted by molar-refractivity contribution is 6.08. The molecule has 1 aliphatic heterocycles. The SMILES string of the molecule is CN1c2cccc(F)c2NC(=O)C12CC2. The Morgan fingerprint density at radius 3 is 2.87 bits per heavy atom. The van der Waals surface area contributed by atoms with Gasteiger partial charge in [0.25, 0.3) is 0 Å². The Morgan fingerprint density at radius 1 is 1.47 bits per heavy atom. The Hall–Kier alpha value is -1.58. The Kier molecular flexibility index (Phi) is 1.45. The van der Waals surface area contributed by atoms with Crippen molar-refractivity contribution in [1.29, 1.82) is 0 Å². The summed E-state index contributed by atoms with van der Waals surface area (Å²) in [6.45, 7) is 0. The zero-order valence-corrected chi connectivity index (χ0v) is 8.38. The molecule has 0 atom stereocenters. The third-order valence-electron chi connectivity index (χ3n) is 3.38. The van der Waals surface area contributed by atoms with Crippen molar-refractivity contribution < 1.29 is 9.18 Å². The molecule has 1 heterocycles. The molecule has 0 saturated heterocycles. The summed E-state index contributed by atoms with van der Waals surface area (Å²) >= 11 is 0. The smallest absolute Gasteiger partial charge is 0.250 e. The number of hydrogen-bond donors (Lipinski definition) is 1. The maximum absolute atomic E-state index is 13.4. The predicted octanol–water partition coefficient (Wildman–Crippen LogP) is 1.75. The lowest BCUT2D eigenvalue weighted by atomic mass is 10.1. The quantitative estimate of drug-likeness (QED) is 0.701. The van der Waals surface area contributed by atoms with Gasteiger partial charge in [-0.15, -0.1) is 0 Å². The number of halogens is 1. The zero-order valence-electron chi connectivity index (χ0n) is 8.38. The number of fused-ring (bicyclic) bond motifs is 1. The van der Waals surface area contributed by atoms with Crippen molar-refractivity contribution in [2.24, 2.45) is 0 Å². The predicted molar refractivity (Wildman–Crippen MR) is 55.4 cm³/mol. The summed E-state index contributed by atoms with van der Waals surface area (Å²) in [5.41, 5.74) is 0.676. The lowest BCUT2D eigenvalue weighted by Crippen LogP contribution is -2.48. The van der Waals surface area contributed by atoms with Gasteiger partial charge in [0.05, 0.1) is 5.69 Å². The molecule has 1 amide bonds. The fourth-order valence-electron chi connectivity index (χ4n) is 2.21. The van der Waals surface area contributed by atoms with Crippen LogP contribution in [0, 0.1) is 5.82 Å². The molecular weight excluding hydrogens is 195 g/mol. The molecule has 4 heteroatoms. The highest BCUT2D eigenvalue weighted by Crippen LogP contribution is 2.49. The Morgan fingerprint density at radius 2 is 2.20 bits per heavy atom. The first-order valence-electron chi connectivity index (χ1n) is 4.99. The molecule has 78 valence electrons. The van der Waals surface area contributed by atoms with Gasteiger partial charge in [-0.2, -0.15) is 0 Å². The first kappa shape index (κ1) is 8.71. The van der Waals surface area contributed by atoms with Crippen LogP contribution in [0.4, 0.5) is 15.8 Å². The van der Waals surface area contributed by atoms with Crippen LogP contribution in [0.25, 0.3) is 0 Å². The van der Waals surface area contributed by atoms with Gasteiger partial charge in [0.1, 0.15) is 17.0 Å². The van der Waals surface area contributed by atoms with E-state index in [4.69, 9.17) is 0 Å². The Bertz CT molecular complexity index is 454. The Balaban J connectivity index is 2.18. The van der Waals surface area contributed by atoms with E-state index >= 15 is 0 Å². The number of nitrogens with one attached hydrogen (secondary N) is 1. The summed E-state index contributed by atoms with van der Waals surface area (Å²) in [7, 11) is 1.85. The lowest BCUT2D eigenvalue weighted by molar-refractivity contribution is -0.118. The van der Waals surface area contributed by atoms with Crippen LogP contribution in [0.5, 0.6) is 0 Å². The van der Waals surface area contributed by atoms with Gasteiger partial charge in [0.2, 0.25) is 5.91 Å². The van der Waals surface area contributed by atoms with Crippen molar-refractivity contribution in [3.05, 3.63) is 24.0 Å². The minimum atomic E-state index is -0.402. The van der Waals surface area contributed by atoms with Crippen molar-refractivity contribution in [2.75, 3.05) is 17.3 Å². The highest BCUT2D eigenvalue weighted by atomic mass is 19.1. The second-order valence-electron chi connectivity index (χ2n) is 4.18. The van der Waals surface area contributed by atoms with Crippen molar-refractivity contribution in [2.45, 2.75) is 18.4 Å². The summed E-state index contributed by atoms with van der Waals surface area (Å²) in [6.07, 6.45) is 1.70. The zero-order chi connectivity index (χ0) is 10.6. The van der Waals surface area contributed by atoms with E-state index in [-0.39, 0.29) is 11.7 Å². The van der Waals surface area contributed by atoms with Crippen molar-refractivity contribution in [3.63, 3.8) is 0 Å². The fraction of sp³-hybridized carbons (Fsp3) is 0.364. The van der Waals surface area contributed by atoms with E-state index in [1.165, 1.54) is 6.07 Å². The minimum Gasteiger partial charge on any atom is -0.358 e. The third kappa shape index (κ3) is 0.963. The van der Waals surface area contributed by atoms with E-state index in [0.717, 1.165) is 18.5 Å². The van der Waals surface area contributed by atoms with Gasteiger partial charge in [-0.1, -0.05) is 6.07 Å². The number of para-hydroxylation sites is 1. The van der Waals surface area contributed by atoms with Gasteiger partial charge in [-0.3, -0.25) is 4.79 Å². The molecule has 2 aliphatic rings. The second kappa shape index (κ2) is 2.51. The number of carbonyl (C=O) groups excluding carboxylic acids is 1. The maximum Gasteiger partial charge on any atom is 0.250 e. The van der Waals surface area contributed by atoms with Crippen LogP contribution >= 0.6 is 0 Å². The van der Waals surface area contributed by atoms with Gasteiger partial charge in [-0.05, 0) is 25.0 Å². The number of nitrogens with zero attached hydrogens (tertiary/aromatic N) is 1. The number of anilines is 2. The topological polar surface area (TPSA) is 32.3 Å². The number of likely N-dealkylation sites (N-methyl/N-ethyl adjacent to an activating group) is 1. The molecular formula is C11H11FN2O. The van der Waals surface area contributed by atoms with E-state index < -0.39 is 5.54 Å². The molecule has 1 aromatic carbocycles. The number of amides is 1. The molecule has 1 N–H and O–H groups in total. The summed E-state index contributed by atoms with van der Waals surface area (Å²) < 4.78 is 13.4. The summed E-state index contributed by atoms with van der Waals surface area (Å²) in [5, 5.41) is 2.66. The van der Waals surface area contributed by atoms with Gasteiger partial charge >= 0.3 is 0 Å². The third-order valence-corrected chi connectivity index (χ3v) is 3.38. The van der Waals surface area contributed by atoms with Crippen LogP contribution in [-0.2, 0) is 4.79 Å². The molecule has 1 aromatic rings. The van der Waals surface area contributed by atoms with Crippen LogP contribution in [0.2, 0.25) is 0 Å². The fourth-order valence-corrected chi connectivity index (χ4v) is 2.21. The number of carbonyl (C=O) groups is 1. The van der Waals surface area contributed by atoms with E-state index in [1.807, 2.05) is 18.0 Å². The molecule has 0 unspecified atom stereocenters. The molecule has 1 fully saturated rings. The van der Waals surface area contributed by atoms with E-state index in [1.54, 1.807) is 6.07 Å². The summed E-state index contributed by atoms with van der Waals surface area (Å²) in [5.74, 6) is -0.453. The van der Waals surface area contributed by atoms with Crippen LogP contribution in [0.1, 0.15) is 12.8 Å². The van der Waals surface area contributed by atoms with Crippen LogP contribution in [0.3, 0.4) is 0 Å². The minimum absolute atomic E-state index is 0.0809. The van der Waals surface area contributed by atoms with Gasteiger partial charge in [0, 0.05) is 7.05 Å². The molecule has 1 saturated carbocycles. The molecule has 0 bridgehead atoms. The number of rotatable bonds is 0. The molecule has 0 aromatic heterocycles. The molecule has 0 radical (unpaired) electrons. The Labute approximate surface area is 86.9 Å². The largest absolute Gasteiger partial charge is 0.358 e. The standard InChI is InChI=1S/C11H11FN2O/c1-14-8-4-2-3-7(12)9(8)13-10(15)11(14)5-6-11/h2-4H,5-6H2,1H3,(H,13,15). The van der Waals surface area contributed by atoms with E-state index in [9.17, 15) is 9.18 Å². The van der Waals surface area contributed by atoms with Gasteiger partial charge in [0.15, 0.2) is 0 Å². The number of benzene rings is 1. The van der Waals surface area contributed by atoms with Gasteiger partial charge < -0.3 is 10.2 Å². The summed E-state index contributed by atoms with van der Waals surface area (Å²) in [4.78, 5) is 13.7. The monoisotopic (exact) mass is 206 g/mol. The van der Waals surface area contributed by atoms with Gasteiger partial charge in [-0.25, -0.2) is 4.39 Å². The van der Waals surface area contributed by atoms with Crippen molar-refractivity contribution in [3.8, 4) is 0 Å². The normalized spacial score (nSPS) is 21.2. The van der Waals surface area contributed by atoms with Crippen molar-refractivity contribution in [1.82, 2.24) is 0 Å². The van der Waals surface area contributed by atoms with Crippen LogP contribution in [0.15, 0.2) is 18.2 Å². The molecule has 3 rings (SSSR count). The van der Waals surface area contributed by atoms with Crippen LogP contribution in [-0.4, -0.2) is 18.5 Å². The average molecular weight is 206 g/mol. The first-order chi connectivity index (χ1) is 7.15. The first-order valence-corrected chi connectivity index (χ1v) is 4.99. The molecule has 3 nitrogen and oxygen atoms in total. The second-order valence-corrected chi connectivity index (χ2v) is 4.18. The van der Waals surface area contributed by atoms with E-state index in [0.29, 0.717) is 5.69 Å². The molecule has 1 aliphatic carbocycles. The highest BCUT2D eigenvalue weighted by Gasteiger charge is 2.56. The lowest BCUT2D eigenvalue weighted by Gasteiger charge is -2.35.